The van der Waals surface area contributed by atoms with Crippen molar-refractivity contribution >= 4 is 22.3 Å². The summed E-state index contributed by atoms with van der Waals surface area (Å²) in [5, 5.41) is 1.27. The highest BCUT2D eigenvalue weighted by Crippen LogP contribution is 2.10. The van der Waals surface area contributed by atoms with E-state index in [1.165, 1.54) is 17.7 Å². The number of benzene rings is 1. The Hall–Kier alpha value is -0.870. The average Bonchev–Trinajstić information content (AvgIpc) is 2.22. The lowest BCUT2D eigenvalue weighted by Crippen LogP contribution is -2.22. The van der Waals surface area contributed by atoms with Gasteiger partial charge in [-0.3, -0.25) is 9.63 Å². The molecule has 0 aliphatic carbocycles. The van der Waals surface area contributed by atoms with Crippen LogP contribution in [0.15, 0.2) is 28.7 Å². The normalized spacial score (nSPS) is 9.86. The minimum Gasteiger partial charge on any atom is -0.276 e. The van der Waals surface area contributed by atoms with Crippen LogP contribution in [0.3, 0.4) is 0 Å². The van der Waals surface area contributed by atoms with Crippen LogP contribution in [0.2, 0.25) is 0 Å². The Balaban J connectivity index is 2.45. The van der Waals surface area contributed by atoms with Crippen molar-refractivity contribution in [2.24, 2.45) is 0 Å². The summed E-state index contributed by atoms with van der Waals surface area (Å²) < 4.78 is 1.06. The minimum absolute atomic E-state index is 0.571. The van der Waals surface area contributed by atoms with E-state index >= 15 is 0 Å². The third kappa shape index (κ3) is 3.47. The van der Waals surface area contributed by atoms with E-state index in [-0.39, 0.29) is 0 Å². The van der Waals surface area contributed by atoms with Gasteiger partial charge in [-0.25, -0.2) is 5.06 Å². The van der Waals surface area contributed by atoms with Gasteiger partial charge in [-0.1, -0.05) is 28.1 Å². The zero-order valence-electron chi connectivity index (χ0n) is 7.94. The van der Waals surface area contributed by atoms with E-state index in [0.29, 0.717) is 13.0 Å². The highest BCUT2D eigenvalue weighted by Gasteiger charge is 1.99. The van der Waals surface area contributed by atoms with Crippen molar-refractivity contribution in [3.63, 3.8) is 0 Å². The first-order valence-corrected chi connectivity index (χ1v) is 5.06. The maximum Gasteiger partial charge on any atom is 0.233 e. The summed E-state index contributed by atoms with van der Waals surface area (Å²) in [6.07, 6.45) is 1.47. The lowest BCUT2D eigenvalue weighted by Gasteiger charge is -2.13. The molecule has 0 atom stereocenters. The lowest BCUT2D eigenvalue weighted by atomic mass is 10.1. The van der Waals surface area contributed by atoms with Gasteiger partial charge in [-0.05, 0) is 24.1 Å². The fourth-order valence-electron chi connectivity index (χ4n) is 1.08. The molecular weight excluding hydrogens is 246 g/mol. The lowest BCUT2D eigenvalue weighted by molar-refractivity contribution is -0.160. The van der Waals surface area contributed by atoms with Crippen LogP contribution in [0.1, 0.15) is 5.56 Å². The van der Waals surface area contributed by atoms with Gasteiger partial charge < -0.3 is 0 Å². The second kappa shape index (κ2) is 5.78. The molecule has 0 radical (unpaired) electrons. The summed E-state index contributed by atoms with van der Waals surface area (Å²) >= 11 is 3.36. The summed E-state index contributed by atoms with van der Waals surface area (Å²) in [5.74, 6) is 0. The molecule has 0 heterocycles. The van der Waals surface area contributed by atoms with Crippen molar-refractivity contribution < 1.29 is 9.63 Å². The predicted molar refractivity (Wildman–Crippen MR) is 57.6 cm³/mol. The second-order valence-electron chi connectivity index (χ2n) is 2.81. The highest BCUT2D eigenvalue weighted by molar-refractivity contribution is 9.10. The number of carbonyl (C=O) groups excluding carboxylic acids is 1. The predicted octanol–water partition coefficient (Wildman–Crippen LogP) is 2.01. The Kier molecular flexibility index (Phi) is 4.62. The molecule has 0 aliphatic heterocycles. The van der Waals surface area contributed by atoms with Crippen molar-refractivity contribution in [1.82, 2.24) is 5.06 Å². The van der Waals surface area contributed by atoms with Crippen LogP contribution < -0.4 is 0 Å². The van der Waals surface area contributed by atoms with E-state index in [1.54, 1.807) is 0 Å². The molecule has 0 spiro atoms. The second-order valence-corrected chi connectivity index (χ2v) is 3.72. The maximum absolute atomic E-state index is 10.4. The average molecular weight is 258 g/mol. The number of hydrogen-bond donors (Lipinski definition) is 0. The Morgan fingerprint density at radius 2 is 2.07 bits per heavy atom. The summed E-state index contributed by atoms with van der Waals surface area (Å²) in [5.41, 5.74) is 1.18. The zero-order valence-corrected chi connectivity index (χ0v) is 9.53. The fraction of sp³-hybridized carbons (Fsp3) is 0.300. The smallest absolute Gasteiger partial charge is 0.233 e. The van der Waals surface area contributed by atoms with Crippen molar-refractivity contribution in [3.8, 4) is 0 Å². The molecule has 4 heteroatoms. The summed E-state index contributed by atoms with van der Waals surface area (Å²) in [6.45, 7) is 0.571. The van der Waals surface area contributed by atoms with Crippen LogP contribution in [-0.2, 0) is 16.1 Å². The van der Waals surface area contributed by atoms with E-state index in [1.807, 2.05) is 24.3 Å². The minimum atomic E-state index is 0.571. The van der Waals surface area contributed by atoms with Crippen molar-refractivity contribution in [2.45, 2.75) is 6.42 Å². The van der Waals surface area contributed by atoms with Gasteiger partial charge in [0, 0.05) is 4.47 Å². The molecule has 0 N–H and O–H groups in total. The third-order valence-electron chi connectivity index (χ3n) is 1.89. The van der Waals surface area contributed by atoms with E-state index in [2.05, 4.69) is 15.9 Å². The molecule has 3 nitrogen and oxygen atoms in total. The van der Waals surface area contributed by atoms with Crippen LogP contribution >= 0.6 is 15.9 Å². The van der Waals surface area contributed by atoms with Crippen LogP contribution in [-0.4, -0.2) is 25.1 Å². The van der Waals surface area contributed by atoms with Crippen molar-refractivity contribution in [2.75, 3.05) is 13.7 Å². The molecule has 0 fully saturated rings. The topological polar surface area (TPSA) is 29.5 Å². The molecule has 1 aromatic carbocycles. The van der Waals surface area contributed by atoms with E-state index < -0.39 is 0 Å². The van der Waals surface area contributed by atoms with Crippen molar-refractivity contribution in [1.29, 1.82) is 0 Å². The quantitative estimate of drug-likeness (QED) is 0.597. The molecule has 1 aromatic rings. The summed E-state index contributed by atoms with van der Waals surface area (Å²) in [6, 6.07) is 7.99. The van der Waals surface area contributed by atoms with E-state index in [0.717, 1.165) is 10.9 Å². The number of amides is 1. The summed E-state index contributed by atoms with van der Waals surface area (Å²) in [4.78, 5) is 15.2. The third-order valence-corrected chi connectivity index (χ3v) is 2.41. The van der Waals surface area contributed by atoms with Crippen LogP contribution in [0.25, 0.3) is 0 Å². The van der Waals surface area contributed by atoms with E-state index in [9.17, 15) is 4.79 Å². The van der Waals surface area contributed by atoms with Gasteiger partial charge >= 0.3 is 0 Å². The molecular formula is C10H12BrNO2. The molecule has 0 aliphatic rings. The van der Waals surface area contributed by atoms with Crippen LogP contribution in [0, 0.1) is 0 Å². The van der Waals surface area contributed by atoms with Crippen LogP contribution in [0.5, 0.6) is 0 Å². The molecule has 0 saturated heterocycles. The van der Waals surface area contributed by atoms with Gasteiger partial charge in [-0.15, -0.1) is 0 Å². The van der Waals surface area contributed by atoms with Gasteiger partial charge in [0.05, 0.1) is 13.7 Å². The molecule has 0 unspecified atom stereocenters. The van der Waals surface area contributed by atoms with Gasteiger partial charge in [0.15, 0.2) is 0 Å². The first-order valence-electron chi connectivity index (χ1n) is 4.26. The molecule has 0 bridgehead atoms. The van der Waals surface area contributed by atoms with Gasteiger partial charge in [0.2, 0.25) is 6.41 Å². The van der Waals surface area contributed by atoms with Crippen molar-refractivity contribution in [3.05, 3.63) is 34.3 Å². The number of halogens is 1. The Labute approximate surface area is 91.7 Å². The van der Waals surface area contributed by atoms with Gasteiger partial charge in [-0.2, -0.15) is 0 Å². The number of nitrogens with zero attached hydrogens (tertiary/aromatic N) is 1. The molecule has 0 saturated carbocycles. The Morgan fingerprint density at radius 1 is 1.43 bits per heavy atom. The monoisotopic (exact) mass is 257 g/mol. The Bertz CT molecular complexity index is 287. The fourth-order valence-corrected chi connectivity index (χ4v) is 1.34. The molecule has 14 heavy (non-hydrogen) atoms. The molecule has 0 aromatic heterocycles. The zero-order chi connectivity index (χ0) is 10.4. The van der Waals surface area contributed by atoms with Crippen LogP contribution in [0.4, 0.5) is 0 Å². The van der Waals surface area contributed by atoms with Gasteiger partial charge in [0.1, 0.15) is 0 Å². The number of hydroxylamine groups is 2. The number of hydrogen-bond acceptors (Lipinski definition) is 2. The largest absolute Gasteiger partial charge is 0.276 e. The SMILES string of the molecule is CON(C=O)CCc1ccc(Br)cc1. The number of rotatable bonds is 5. The molecule has 1 rings (SSSR count). The molecule has 76 valence electrons. The molecule has 1 amide bonds. The standard InChI is InChI=1S/C10H12BrNO2/c1-14-12(8-13)7-6-9-2-4-10(11)5-3-9/h2-5,8H,6-7H2,1H3. The first kappa shape index (κ1) is 11.2. The van der Waals surface area contributed by atoms with E-state index in [4.69, 9.17) is 4.84 Å². The summed E-state index contributed by atoms with van der Waals surface area (Å²) in [7, 11) is 1.48. The Morgan fingerprint density at radius 3 is 2.57 bits per heavy atom. The highest BCUT2D eigenvalue weighted by atomic mass is 79.9. The number of carbonyl (C=O) groups is 1. The van der Waals surface area contributed by atoms with Gasteiger partial charge in [0.25, 0.3) is 0 Å². The maximum atomic E-state index is 10.4. The first-order chi connectivity index (χ1) is 6.76.